The molecule has 43 heavy (non-hydrogen) atoms. The molecule has 2 aromatic rings. The predicted molar refractivity (Wildman–Crippen MR) is 164 cm³/mol. The lowest BCUT2D eigenvalue weighted by molar-refractivity contribution is -0.131. The molecule has 1 saturated carbocycles. The van der Waals surface area contributed by atoms with Crippen LogP contribution in [0.4, 0.5) is 0 Å². The topological polar surface area (TPSA) is 123 Å². The molecule has 0 spiro atoms. The highest BCUT2D eigenvalue weighted by atomic mass is 16.5. The molecule has 10 nitrogen and oxygen atoms in total. The van der Waals surface area contributed by atoms with Gasteiger partial charge in [-0.25, -0.2) is 4.98 Å². The maximum atomic E-state index is 13.4. The van der Waals surface area contributed by atoms with Gasteiger partial charge in [-0.1, -0.05) is 45.2 Å². The van der Waals surface area contributed by atoms with Crippen molar-refractivity contribution in [1.82, 2.24) is 25.5 Å². The molecule has 2 aliphatic rings. The summed E-state index contributed by atoms with van der Waals surface area (Å²) in [5.41, 5.74) is 2.21. The molecule has 1 aromatic heterocycles. The van der Waals surface area contributed by atoms with Crippen LogP contribution in [0.3, 0.4) is 0 Å². The van der Waals surface area contributed by atoms with E-state index in [9.17, 15) is 14.4 Å². The number of ether oxygens (including phenoxy) is 2. The Labute approximate surface area is 255 Å². The standard InChI is InChI=1S/C33H47N5O5/c1-5-43-33-27(35-19-28(36-33)42-4)18-34-20-29(39)38-16-10-15-26(21-38)24-13-9-14-25(17-24)32(41)37-30(31(40)22(2)3)23-11-7-6-8-12-23/h9,13-14,17,19,22-23,26,30,34H,5-8,10-12,15-16,18,20-21H2,1-4H3,(H,37,41)/t26-,30-/m1/s1. The summed E-state index contributed by atoms with van der Waals surface area (Å²) in [7, 11) is 1.52. The van der Waals surface area contributed by atoms with E-state index in [1.165, 1.54) is 19.7 Å². The molecule has 4 rings (SSSR count). The fraction of sp³-hybridized carbons (Fsp3) is 0.606. The highest BCUT2D eigenvalue weighted by Gasteiger charge is 2.32. The van der Waals surface area contributed by atoms with Gasteiger partial charge in [0.15, 0.2) is 5.78 Å². The van der Waals surface area contributed by atoms with Gasteiger partial charge in [0.1, 0.15) is 5.69 Å². The lowest BCUT2D eigenvalue weighted by Gasteiger charge is -2.33. The molecule has 2 heterocycles. The minimum atomic E-state index is -0.444. The van der Waals surface area contributed by atoms with Crippen molar-refractivity contribution < 1.29 is 23.9 Å². The number of benzene rings is 1. The van der Waals surface area contributed by atoms with E-state index in [-0.39, 0.29) is 41.9 Å². The molecule has 10 heteroatoms. The molecule has 0 unspecified atom stereocenters. The zero-order chi connectivity index (χ0) is 30.8. The third kappa shape index (κ3) is 8.75. The van der Waals surface area contributed by atoms with E-state index in [0.29, 0.717) is 49.3 Å². The second kappa shape index (κ2) is 15.8. The summed E-state index contributed by atoms with van der Waals surface area (Å²) in [5.74, 6) is 0.889. The van der Waals surface area contributed by atoms with Gasteiger partial charge in [-0.15, -0.1) is 0 Å². The van der Waals surface area contributed by atoms with Crippen LogP contribution in [0.1, 0.15) is 93.3 Å². The molecule has 2 atom stereocenters. The molecule has 2 N–H and O–H groups in total. The number of rotatable bonds is 13. The van der Waals surface area contributed by atoms with Gasteiger partial charge in [0.05, 0.1) is 32.5 Å². The number of likely N-dealkylation sites (tertiary alicyclic amines) is 1. The van der Waals surface area contributed by atoms with Crippen LogP contribution < -0.4 is 20.1 Å². The smallest absolute Gasteiger partial charge is 0.251 e. The van der Waals surface area contributed by atoms with Gasteiger partial charge in [0.2, 0.25) is 17.7 Å². The maximum absolute atomic E-state index is 13.4. The summed E-state index contributed by atoms with van der Waals surface area (Å²) >= 11 is 0. The zero-order valence-electron chi connectivity index (χ0n) is 26.1. The Bertz CT molecular complexity index is 1250. The third-order valence-electron chi connectivity index (χ3n) is 8.53. The molecule has 0 radical (unpaired) electrons. The van der Waals surface area contributed by atoms with Gasteiger partial charge in [0.25, 0.3) is 5.91 Å². The number of nitrogens with one attached hydrogen (secondary N) is 2. The molecule has 0 bridgehead atoms. The summed E-state index contributed by atoms with van der Waals surface area (Å²) in [6, 6.07) is 7.23. The Morgan fingerprint density at radius 3 is 2.60 bits per heavy atom. The first-order valence-electron chi connectivity index (χ1n) is 15.8. The molecular weight excluding hydrogens is 546 g/mol. The monoisotopic (exact) mass is 593 g/mol. The lowest BCUT2D eigenvalue weighted by atomic mass is 9.80. The number of carbonyl (C=O) groups is 3. The van der Waals surface area contributed by atoms with E-state index >= 15 is 0 Å². The van der Waals surface area contributed by atoms with Crippen LogP contribution in [0.15, 0.2) is 30.5 Å². The largest absolute Gasteiger partial charge is 0.480 e. The lowest BCUT2D eigenvalue weighted by Crippen LogP contribution is -2.48. The van der Waals surface area contributed by atoms with Crippen molar-refractivity contribution in [2.75, 3.05) is 33.4 Å². The van der Waals surface area contributed by atoms with E-state index in [1.807, 2.05) is 49.9 Å². The van der Waals surface area contributed by atoms with Crippen molar-refractivity contribution in [3.05, 3.63) is 47.3 Å². The van der Waals surface area contributed by atoms with Crippen LogP contribution >= 0.6 is 0 Å². The number of aromatic nitrogens is 2. The molecule has 1 aliphatic heterocycles. The molecular formula is C33H47N5O5. The van der Waals surface area contributed by atoms with Crippen LogP contribution in [-0.4, -0.2) is 71.9 Å². The Balaban J connectivity index is 1.35. The van der Waals surface area contributed by atoms with Crippen molar-refractivity contribution in [3.8, 4) is 11.8 Å². The first kappa shape index (κ1) is 32.4. The maximum Gasteiger partial charge on any atom is 0.251 e. The zero-order valence-corrected chi connectivity index (χ0v) is 26.1. The van der Waals surface area contributed by atoms with Crippen LogP contribution in [0.5, 0.6) is 11.8 Å². The van der Waals surface area contributed by atoms with Crippen molar-refractivity contribution in [3.63, 3.8) is 0 Å². The van der Waals surface area contributed by atoms with Gasteiger partial charge < -0.3 is 25.0 Å². The van der Waals surface area contributed by atoms with E-state index in [4.69, 9.17) is 9.47 Å². The molecule has 234 valence electrons. The minimum Gasteiger partial charge on any atom is -0.480 e. The summed E-state index contributed by atoms with van der Waals surface area (Å²) in [5, 5.41) is 6.29. The van der Waals surface area contributed by atoms with Crippen LogP contribution in [0, 0.1) is 11.8 Å². The average Bonchev–Trinajstić information content (AvgIpc) is 3.04. The van der Waals surface area contributed by atoms with Crippen molar-refractivity contribution >= 4 is 17.6 Å². The normalized spacial score (nSPS) is 18.3. The number of methoxy groups -OCH3 is 1. The SMILES string of the molecule is CCOc1nc(OC)cnc1CNCC(=O)N1CCC[C@@H](c2cccc(C(=O)N[C@@H](C(=O)C(C)C)C3CCCCC3)c2)C1. The first-order chi connectivity index (χ1) is 20.8. The van der Waals surface area contributed by atoms with E-state index in [1.54, 1.807) is 0 Å². The van der Waals surface area contributed by atoms with Crippen molar-refractivity contribution in [2.45, 2.75) is 84.2 Å². The summed E-state index contributed by atoms with van der Waals surface area (Å²) < 4.78 is 10.7. The van der Waals surface area contributed by atoms with Crippen molar-refractivity contribution in [2.24, 2.45) is 11.8 Å². The van der Waals surface area contributed by atoms with Gasteiger partial charge in [-0.2, -0.15) is 4.98 Å². The number of Topliss-reactive ketones (excluding diaryl/α,β-unsaturated/α-hetero) is 1. The Kier molecular flexibility index (Phi) is 11.9. The Morgan fingerprint density at radius 2 is 1.88 bits per heavy atom. The van der Waals surface area contributed by atoms with E-state index in [2.05, 4.69) is 20.6 Å². The number of amides is 2. The summed E-state index contributed by atoms with van der Waals surface area (Å²) in [6.45, 7) is 7.93. The summed E-state index contributed by atoms with van der Waals surface area (Å²) in [6.07, 6.45) is 8.72. The number of carbonyl (C=O) groups excluding carboxylic acids is 3. The highest BCUT2D eigenvalue weighted by Crippen LogP contribution is 2.30. The van der Waals surface area contributed by atoms with Gasteiger partial charge in [-0.3, -0.25) is 14.4 Å². The van der Waals surface area contributed by atoms with Gasteiger partial charge in [-0.05, 0) is 56.2 Å². The van der Waals surface area contributed by atoms with Gasteiger partial charge >= 0.3 is 0 Å². The number of hydrogen-bond donors (Lipinski definition) is 2. The second-order valence-electron chi connectivity index (χ2n) is 11.9. The number of piperidine rings is 1. The molecule has 1 aromatic carbocycles. The molecule has 1 saturated heterocycles. The fourth-order valence-corrected chi connectivity index (χ4v) is 6.14. The number of nitrogens with zero attached hydrogens (tertiary/aromatic N) is 3. The molecule has 2 amide bonds. The summed E-state index contributed by atoms with van der Waals surface area (Å²) in [4.78, 5) is 50.2. The predicted octanol–water partition coefficient (Wildman–Crippen LogP) is 4.28. The number of hydrogen-bond acceptors (Lipinski definition) is 8. The van der Waals surface area contributed by atoms with E-state index in [0.717, 1.165) is 44.1 Å². The molecule has 2 fully saturated rings. The highest BCUT2D eigenvalue weighted by molar-refractivity contribution is 5.98. The number of ketones is 1. The van der Waals surface area contributed by atoms with Crippen LogP contribution in [0.25, 0.3) is 0 Å². The third-order valence-corrected chi connectivity index (χ3v) is 8.53. The fourth-order valence-electron chi connectivity index (χ4n) is 6.14. The van der Waals surface area contributed by atoms with Crippen LogP contribution in [-0.2, 0) is 16.1 Å². The molecule has 1 aliphatic carbocycles. The second-order valence-corrected chi connectivity index (χ2v) is 11.9. The van der Waals surface area contributed by atoms with Gasteiger partial charge in [0, 0.05) is 37.0 Å². The Hall–Kier alpha value is -3.53. The Morgan fingerprint density at radius 1 is 1.09 bits per heavy atom. The van der Waals surface area contributed by atoms with Crippen molar-refractivity contribution in [1.29, 1.82) is 0 Å². The first-order valence-corrected chi connectivity index (χ1v) is 15.8. The quantitative estimate of drug-likeness (QED) is 0.353. The minimum absolute atomic E-state index is 0.0144. The van der Waals surface area contributed by atoms with Crippen LogP contribution in [0.2, 0.25) is 0 Å². The average molecular weight is 594 g/mol. The van der Waals surface area contributed by atoms with E-state index < -0.39 is 6.04 Å².